The van der Waals surface area contributed by atoms with Crippen LogP contribution in [0, 0.1) is 17.8 Å². The molecule has 1 aromatic heterocycles. The highest BCUT2D eigenvalue weighted by atomic mass is 32.2. The highest BCUT2D eigenvalue weighted by Gasteiger charge is 2.17. The van der Waals surface area contributed by atoms with E-state index in [1.54, 1.807) is 13.8 Å². The van der Waals surface area contributed by atoms with Crippen LogP contribution < -0.4 is 0 Å². The number of sulfone groups is 1. The third kappa shape index (κ3) is 9.16. The molecular weight excluding hydrogens is 342 g/mol. The number of aromatic nitrogens is 1. The molecule has 0 radical (unpaired) electrons. The van der Waals surface area contributed by atoms with Crippen molar-refractivity contribution in [1.29, 1.82) is 0 Å². The van der Waals surface area contributed by atoms with Gasteiger partial charge in [-0.2, -0.15) is 0 Å². The molecule has 0 aliphatic heterocycles. The summed E-state index contributed by atoms with van der Waals surface area (Å²) in [4.78, 5) is 4.82. The van der Waals surface area contributed by atoms with Crippen LogP contribution in [0.4, 0.5) is 0 Å². The summed E-state index contributed by atoms with van der Waals surface area (Å²) in [5.74, 6) is 2.06. The van der Waals surface area contributed by atoms with Crippen molar-refractivity contribution in [2.75, 3.05) is 5.75 Å². The van der Waals surface area contributed by atoms with E-state index >= 15 is 0 Å². The fourth-order valence-electron chi connectivity index (χ4n) is 2.99. The van der Waals surface area contributed by atoms with E-state index in [1.807, 2.05) is 0 Å². The Hall–Kier alpha value is -0.900. The first-order valence-electron chi connectivity index (χ1n) is 10.3. The Kier molecular flexibility index (Phi) is 9.84. The van der Waals surface area contributed by atoms with Gasteiger partial charge in [-0.05, 0) is 69.4 Å². The van der Waals surface area contributed by atoms with Crippen LogP contribution in [0.1, 0.15) is 78.6 Å². The van der Waals surface area contributed by atoms with E-state index in [-0.39, 0.29) is 5.25 Å². The lowest BCUT2D eigenvalue weighted by Crippen LogP contribution is -2.19. The fourth-order valence-corrected chi connectivity index (χ4v) is 4.19. The number of pyridine rings is 1. The van der Waals surface area contributed by atoms with Crippen molar-refractivity contribution in [3.63, 3.8) is 0 Å². The predicted molar refractivity (Wildman–Crippen MR) is 112 cm³/mol. The second-order valence-electron chi connectivity index (χ2n) is 8.75. The van der Waals surface area contributed by atoms with Gasteiger partial charge < -0.3 is 0 Å². The molecule has 2 atom stereocenters. The van der Waals surface area contributed by atoms with Crippen LogP contribution in [-0.4, -0.2) is 24.4 Å². The van der Waals surface area contributed by atoms with Gasteiger partial charge in [0.2, 0.25) is 0 Å². The number of hydrogen-bond donors (Lipinski definition) is 0. The normalized spacial score (nSPS) is 14.8. The smallest absolute Gasteiger partial charge is 0.152 e. The summed E-state index contributed by atoms with van der Waals surface area (Å²) in [6.07, 6.45) is 6.23. The first-order valence-corrected chi connectivity index (χ1v) is 12.0. The van der Waals surface area contributed by atoms with E-state index in [0.29, 0.717) is 23.5 Å². The first-order chi connectivity index (χ1) is 12.1. The lowest BCUT2D eigenvalue weighted by atomic mass is 9.93. The molecule has 150 valence electrons. The van der Waals surface area contributed by atoms with E-state index in [2.05, 4.69) is 45.9 Å². The minimum absolute atomic E-state index is 0.261. The number of nitrogens with zero attached hydrogens (tertiary/aromatic N) is 1. The van der Waals surface area contributed by atoms with Crippen molar-refractivity contribution in [2.45, 2.75) is 85.3 Å². The molecule has 0 saturated carbocycles. The summed E-state index contributed by atoms with van der Waals surface area (Å²) >= 11 is 0. The maximum atomic E-state index is 11.9. The molecule has 26 heavy (non-hydrogen) atoms. The van der Waals surface area contributed by atoms with Crippen molar-refractivity contribution in [3.05, 3.63) is 29.6 Å². The number of hydrogen-bond acceptors (Lipinski definition) is 3. The van der Waals surface area contributed by atoms with Crippen molar-refractivity contribution in [1.82, 2.24) is 4.98 Å². The van der Waals surface area contributed by atoms with Crippen LogP contribution in [0.5, 0.6) is 0 Å². The van der Waals surface area contributed by atoms with Gasteiger partial charge in [-0.1, -0.05) is 46.6 Å². The lowest BCUT2D eigenvalue weighted by molar-refractivity contribution is 0.418. The van der Waals surface area contributed by atoms with E-state index in [4.69, 9.17) is 4.98 Å². The van der Waals surface area contributed by atoms with Gasteiger partial charge in [0.05, 0.1) is 11.0 Å². The molecule has 1 aromatic rings. The van der Waals surface area contributed by atoms with Crippen LogP contribution in [0.3, 0.4) is 0 Å². The summed E-state index contributed by atoms with van der Waals surface area (Å²) in [5, 5.41) is -0.261. The van der Waals surface area contributed by atoms with Crippen LogP contribution in [0.15, 0.2) is 18.2 Å². The molecule has 0 bridgehead atoms. The van der Waals surface area contributed by atoms with E-state index in [1.165, 1.54) is 17.8 Å². The molecular formula is C22H39NO2S. The quantitative estimate of drug-likeness (QED) is 0.482. The third-order valence-corrected chi connectivity index (χ3v) is 7.41. The second-order valence-corrected chi connectivity index (χ2v) is 11.4. The Morgan fingerprint density at radius 3 is 2.08 bits per heavy atom. The molecule has 0 saturated heterocycles. The van der Waals surface area contributed by atoms with Crippen molar-refractivity contribution < 1.29 is 8.42 Å². The van der Waals surface area contributed by atoms with Crippen molar-refractivity contribution in [3.8, 4) is 0 Å². The standard InChI is InChI=1S/C22H39NO2S/c1-17(2)10-13-21-8-7-9-22(23-21)16-20(6)12-11-19(5)14-15-26(24,25)18(3)4/h7-9,17-20H,10-16H2,1-6H3. The molecule has 0 fully saturated rings. The van der Waals surface area contributed by atoms with Crippen LogP contribution in [0.25, 0.3) is 0 Å². The molecule has 0 aliphatic rings. The molecule has 0 aliphatic carbocycles. The molecule has 2 unspecified atom stereocenters. The van der Waals surface area contributed by atoms with Gasteiger partial charge in [-0.3, -0.25) is 4.98 Å². The first kappa shape index (κ1) is 23.1. The minimum atomic E-state index is -2.91. The summed E-state index contributed by atoms with van der Waals surface area (Å²) in [5.41, 5.74) is 2.39. The van der Waals surface area contributed by atoms with Gasteiger partial charge in [0.15, 0.2) is 9.84 Å². The van der Waals surface area contributed by atoms with E-state index in [0.717, 1.165) is 32.1 Å². The van der Waals surface area contributed by atoms with Crippen LogP contribution in [0.2, 0.25) is 0 Å². The molecule has 0 spiro atoms. The van der Waals surface area contributed by atoms with E-state index in [9.17, 15) is 8.42 Å². The minimum Gasteiger partial charge on any atom is -0.258 e. The molecule has 0 aromatic carbocycles. The molecule has 1 heterocycles. The van der Waals surface area contributed by atoms with Gasteiger partial charge in [-0.15, -0.1) is 0 Å². The van der Waals surface area contributed by atoms with Gasteiger partial charge >= 0.3 is 0 Å². The zero-order valence-electron chi connectivity index (χ0n) is 17.7. The Balaban J connectivity index is 2.40. The SMILES string of the molecule is CC(C)CCc1cccc(CC(C)CCC(C)CCS(=O)(=O)C(C)C)n1. The Morgan fingerprint density at radius 1 is 0.846 bits per heavy atom. The molecule has 4 heteroatoms. The number of aryl methyl sites for hydroxylation is 1. The Bertz CT molecular complexity index is 623. The molecule has 1 rings (SSSR count). The van der Waals surface area contributed by atoms with Crippen molar-refractivity contribution >= 4 is 9.84 Å². The zero-order chi connectivity index (χ0) is 19.7. The van der Waals surface area contributed by atoms with Gasteiger partial charge in [-0.25, -0.2) is 8.42 Å². The van der Waals surface area contributed by atoms with Gasteiger partial charge in [0, 0.05) is 11.4 Å². The van der Waals surface area contributed by atoms with Crippen molar-refractivity contribution in [2.24, 2.45) is 17.8 Å². The molecule has 0 N–H and O–H groups in total. The van der Waals surface area contributed by atoms with Gasteiger partial charge in [0.25, 0.3) is 0 Å². The maximum absolute atomic E-state index is 11.9. The van der Waals surface area contributed by atoms with Gasteiger partial charge in [0.1, 0.15) is 0 Å². The van der Waals surface area contributed by atoms with E-state index < -0.39 is 9.84 Å². The highest BCUT2D eigenvalue weighted by Crippen LogP contribution is 2.20. The summed E-state index contributed by atoms with van der Waals surface area (Å²) in [6, 6.07) is 6.39. The van der Waals surface area contributed by atoms with Crippen LogP contribution >= 0.6 is 0 Å². The van der Waals surface area contributed by atoms with Crippen LogP contribution in [-0.2, 0) is 22.7 Å². The Morgan fingerprint density at radius 2 is 1.46 bits per heavy atom. The third-order valence-electron chi connectivity index (χ3n) is 5.17. The maximum Gasteiger partial charge on any atom is 0.152 e. The fraction of sp³-hybridized carbons (Fsp3) is 0.773. The predicted octanol–water partition coefficient (Wildman–Crippen LogP) is 5.48. The largest absolute Gasteiger partial charge is 0.258 e. The zero-order valence-corrected chi connectivity index (χ0v) is 18.5. The average molecular weight is 382 g/mol. The average Bonchev–Trinajstić information content (AvgIpc) is 2.56. The summed E-state index contributed by atoms with van der Waals surface area (Å²) in [7, 11) is -2.91. The summed E-state index contributed by atoms with van der Waals surface area (Å²) in [6.45, 7) is 12.5. The summed E-state index contributed by atoms with van der Waals surface area (Å²) < 4.78 is 23.9. The number of rotatable bonds is 12. The molecule has 0 amide bonds. The topological polar surface area (TPSA) is 47.0 Å². The monoisotopic (exact) mass is 381 g/mol. The second kappa shape index (κ2) is 11.1. The molecule has 3 nitrogen and oxygen atoms in total. The highest BCUT2D eigenvalue weighted by molar-refractivity contribution is 7.91. The Labute approximate surface area is 161 Å². The lowest BCUT2D eigenvalue weighted by Gasteiger charge is -2.16.